The lowest BCUT2D eigenvalue weighted by Crippen LogP contribution is -1.98. The van der Waals surface area contributed by atoms with Gasteiger partial charge >= 0.3 is 0 Å². The maximum atomic E-state index is 9.25. The highest BCUT2D eigenvalue weighted by Crippen LogP contribution is 2.26. The van der Waals surface area contributed by atoms with Crippen LogP contribution in [0, 0.1) is 6.92 Å². The van der Waals surface area contributed by atoms with Crippen molar-refractivity contribution in [2.75, 3.05) is 13.7 Å². The average Bonchev–Trinajstić information content (AvgIpc) is 2.56. The van der Waals surface area contributed by atoms with Gasteiger partial charge in [0.2, 0.25) is 5.88 Å². The molecule has 0 aliphatic carbocycles. The molecule has 0 unspecified atom stereocenters. The van der Waals surface area contributed by atoms with Gasteiger partial charge in [0, 0.05) is 18.1 Å². The third-order valence-electron chi connectivity index (χ3n) is 3.71. The Bertz CT molecular complexity index is 815. The predicted molar refractivity (Wildman–Crippen MR) is 87.1 cm³/mol. The first kappa shape index (κ1) is 14.5. The van der Waals surface area contributed by atoms with Gasteiger partial charge in [-0.15, -0.1) is 0 Å². The number of aliphatic hydroxyl groups is 1. The van der Waals surface area contributed by atoms with Crippen molar-refractivity contribution < 1.29 is 9.84 Å². The summed E-state index contributed by atoms with van der Waals surface area (Å²) in [7, 11) is 1.60. The van der Waals surface area contributed by atoms with Crippen LogP contribution in [0.1, 0.15) is 11.1 Å². The maximum absolute atomic E-state index is 9.25. The lowest BCUT2D eigenvalue weighted by molar-refractivity contribution is 0.300. The molecule has 1 N–H and O–H groups in total. The van der Waals surface area contributed by atoms with Crippen LogP contribution < -0.4 is 4.74 Å². The van der Waals surface area contributed by atoms with Crippen LogP contribution in [0.2, 0.25) is 0 Å². The van der Waals surface area contributed by atoms with Gasteiger partial charge in [0.1, 0.15) is 0 Å². The van der Waals surface area contributed by atoms with Gasteiger partial charge in [-0.2, -0.15) is 0 Å². The molecule has 0 radical (unpaired) electrons. The highest BCUT2D eigenvalue weighted by molar-refractivity contribution is 5.87. The van der Waals surface area contributed by atoms with Crippen molar-refractivity contribution in [3.8, 4) is 17.3 Å². The van der Waals surface area contributed by atoms with E-state index in [1.807, 2.05) is 36.4 Å². The smallest absolute Gasteiger partial charge is 0.213 e. The molecule has 0 saturated heterocycles. The Labute approximate surface area is 129 Å². The quantitative estimate of drug-likeness (QED) is 0.803. The van der Waals surface area contributed by atoms with E-state index >= 15 is 0 Å². The number of ether oxygens (including phenoxy) is 1. The normalized spacial score (nSPS) is 10.9. The van der Waals surface area contributed by atoms with E-state index in [1.165, 1.54) is 0 Å². The monoisotopic (exact) mass is 294 g/mol. The van der Waals surface area contributed by atoms with Crippen LogP contribution in [0.3, 0.4) is 0 Å². The Hall–Kier alpha value is -2.46. The van der Waals surface area contributed by atoms with Crippen molar-refractivity contribution >= 4 is 10.9 Å². The van der Waals surface area contributed by atoms with Crippen LogP contribution in [0.25, 0.3) is 22.3 Å². The predicted octanol–water partition coefficient (Wildman–Crippen LogP) is 3.15. The number of pyridine rings is 2. The summed E-state index contributed by atoms with van der Waals surface area (Å²) in [6, 6.07) is 13.7. The Kier molecular flexibility index (Phi) is 4.02. The van der Waals surface area contributed by atoms with E-state index in [1.54, 1.807) is 7.11 Å². The molecule has 0 bridgehead atoms. The van der Waals surface area contributed by atoms with Crippen molar-refractivity contribution in [1.29, 1.82) is 0 Å². The summed E-state index contributed by atoms with van der Waals surface area (Å²) < 4.78 is 5.18. The van der Waals surface area contributed by atoms with Gasteiger partial charge in [0.25, 0.3) is 0 Å². The number of rotatable bonds is 4. The van der Waals surface area contributed by atoms with E-state index in [9.17, 15) is 5.11 Å². The van der Waals surface area contributed by atoms with Crippen LogP contribution >= 0.6 is 0 Å². The Balaban J connectivity index is 2.20. The molecule has 22 heavy (non-hydrogen) atoms. The molecule has 4 nitrogen and oxygen atoms in total. The second kappa shape index (κ2) is 6.12. The van der Waals surface area contributed by atoms with E-state index in [0.29, 0.717) is 12.3 Å². The summed E-state index contributed by atoms with van der Waals surface area (Å²) in [6.07, 6.45) is 0.596. The third kappa shape index (κ3) is 2.65. The molecule has 0 spiro atoms. The Morgan fingerprint density at radius 1 is 1.05 bits per heavy atom. The lowest BCUT2D eigenvalue weighted by atomic mass is 10.0. The SMILES string of the molecule is COc1cccc(-c2cc(C)c3cccc(CCO)c3n2)n1. The molecular weight excluding hydrogens is 276 g/mol. The Morgan fingerprint density at radius 2 is 1.86 bits per heavy atom. The summed E-state index contributed by atoms with van der Waals surface area (Å²) in [4.78, 5) is 9.22. The molecule has 0 atom stereocenters. The fourth-order valence-electron chi connectivity index (χ4n) is 2.60. The van der Waals surface area contributed by atoms with Crippen LogP contribution in [-0.4, -0.2) is 28.8 Å². The summed E-state index contributed by atoms with van der Waals surface area (Å²) in [5, 5.41) is 10.4. The van der Waals surface area contributed by atoms with Crippen LogP contribution in [0.15, 0.2) is 42.5 Å². The minimum atomic E-state index is 0.113. The molecule has 2 aromatic heterocycles. The fraction of sp³-hybridized carbons (Fsp3) is 0.222. The molecule has 4 heteroatoms. The van der Waals surface area contributed by atoms with Gasteiger partial charge in [0.05, 0.1) is 24.0 Å². The average molecular weight is 294 g/mol. The van der Waals surface area contributed by atoms with Crippen molar-refractivity contribution in [3.63, 3.8) is 0 Å². The summed E-state index contributed by atoms with van der Waals surface area (Å²) >= 11 is 0. The topological polar surface area (TPSA) is 55.2 Å². The minimum absolute atomic E-state index is 0.113. The van der Waals surface area contributed by atoms with Crippen LogP contribution in [-0.2, 0) is 6.42 Å². The molecule has 112 valence electrons. The first-order valence-electron chi connectivity index (χ1n) is 7.24. The summed E-state index contributed by atoms with van der Waals surface area (Å²) in [5.41, 5.74) is 4.71. The molecule has 0 aliphatic heterocycles. The van der Waals surface area contributed by atoms with Gasteiger partial charge in [-0.25, -0.2) is 9.97 Å². The van der Waals surface area contributed by atoms with Crippen LogP contribution in [0.5, 0.6) is 5.88 Å². The number of aryl methyl sites for hydroxylation is 1. The van der Waals surface area contributed by atoms with Crippen LogP contribution in [0.4, 0.5) is 0 Å². The van der Waals surface area contributed by atoms with E-state index in [-0.39, 0.29) is 6.61 Å². The first-order valence-corrected chi connectivity index (χ1v) is 7.24. The molecule has 0 amide bonds. The van der Waals surface area contributed by atoms with Crippen molar-refractivity contribution in [1.82, 2.24) is 9.97 Å². The zero-order valence-corrected chi connectivity index (χ0v) is 12.7. The molecule has 0 aliphatic rings. The van der Waals surface area contributed by atoms with Crippen molar-refractivity contribution in [2.24, 2.45) is 0 Å². The zero-order valence-electron chi connectivity index (χ0n) is 12.7. The number of para-hydroxylation sites is 1. The highest BCUT2D eigenvalue weighted by Gasteiger charge is 2.10. The molecule has 0 saturated carbocycles. The number of aromatic nitrogens is 2. The third-order valence-corrected chi connectivity index (χ3v) is 3.71. The van der Waals surface area contributed by atoms with Gasteiger partial charge in [-0.05, 0) is 36.6 Å². The van der Waals surface area contributed by atoms with E-state index in [0.717, 1.165) is 33.4 Å². The van der Waals surface area contributed by atoms with Gasteiger partial charge in [-0.3, -0.25) is 0 Å². The standard InChI is InChI=1S/C18H18N2O2/c1-12-11-16(15-7-4-8-17(19-15)22-2)20-18-13(9-10-21)5-3-6-14(12)18/h3-8,11,21H,9-10H2,1-2H3. The number of hydrogen-bond donors (Lipinski definition) is 1. The van der Waals surface area contributed by atoms with Gasteiger partial charge in [-0.1, -0.05) is 24.3 Å². The van der Waals surface area contributed by atoms with Gasteiger partial charge < -0.3 is 9.84 Å². The number of fused-ring (bicyclic) bond motifs is 1. The van der Waals surface area contributed by atoms with Crippen molar-refractivity contribution in [3.05, 3.63) is 53.6 Å². The molecule has 1 aromatic carbocycles. The number of aliphatic hydroxyl groups excluding tert-OH is 1. The largest absolute Gasteiger partial charge is 0.481 e. The maximum Gasteiger partial charge on any atom is 0.213 e. The first-order chi connectivity index (χ1) is 10.7. The fourth-order valence-corrected chi connectivity index (χ4v) is 2.60. The zero-order chi connectivity index (χ0) is 15.5. The number of benzene rings is 1. The minimum Gasteiger partial charge on any atom is -0.481 e. The molecular formula is C18H18N2O2. The molecule has 2 heterocycles. The molecule has 3 aromatic rings. The summed E-state index contributed by atoms with van der Waals surface area (Å²) in [5.74, 6) is 0.570. The second-order valence-corrected chi connectivity index (χ2v) is 5.18. The molecule has 3 rings (SSSR count). The van der Waals surface area contributed by atoms with E-state index in [4.69, 9.17) is 9.72 Å². The van der Waals surface area contributed by atoms with Crippen molar-refractivity contribution in [2.45, 2.75) is 13.3 Å². The molecule has 0 fully saturated rings. The highest BCUT2D eigenvalue weighted by atomic mass is 16.5. The number of methoxy groups -OCH3 is 1. The lowest BCUT2D eigenvalue weighted by Gasteiger charge is -2.10. The Morgan fingerprint density at radius 3 is 2.64 bits per heavy atom. The summed E-state index contributed by atoms with van der Waals surface area (Å²) in [6.45, 7) is 2.18. The number of nitrogens with zero attached hydrogens (tertiary/aromatic N) is 2. The second-order valence-electron chi connectivity index (χ2n) is 5.18. The number of hydrogen-bond acceptors (Lipinski definition) is 4. The van der Waals surface area contributed by atoms with Gasteiger partial charge in [0.15, 0.2) is 0 Å². The van der Waals surface area contributed by atoms with E-state index < -0.39 is 0 Å². The van der Waals surface area contributed by atoms with E-state index in [2.05, 4.69) is 18.0 Å².